The molecule has 0 aliphatic carbocycles. The van der Waals surface area contributed by atoms with Crippen LogP contribution >= 0.6 is 0 Å². The van der Waals surface area contributed by atoms with Gasteiger partial charge in [-0.1, -0.05) is 32.0 Å². The SMILES string of the molecule is CCc1ccc(CC)c(CNC(=O)C(C)Oc2ccc(F)cc2)c1. The minimum absolute atomic E-state index is 0.191. The molecule has 0 heterocycles. The van der Waals surface area contributed by atoms with Crippen molar-refractivity contribution < 1.29 is 13.9 Å². The minimum atomic E-state index is -0.644. The Morgan fingerprint density at radius 1 is 1.08 bits per heavy atom. The van der Waals surface area contributed by atoms with Crippen LogP contribution in [0.1, 0.15) is 37.5 Å². The first-order chi connectivity index (χ1) is 11.5. The first kappa shape index (κ1) is 18.0. The molecular weight excluding hydrogens is 305 g/mol. The smallest absolute Gasteiger partial charge is 0.261 e. The summed E-state index contributed by atoms with van der Waals surface area (Å²) >= 11 is 0. The van der Waals surface area contributed by atoms with Crippen molar-refractivity contribution in [3.05, 3.63) is 65.0 Å². The van der Waals surface area contributed by atoms with Crippen molar-refractivity contribution in [3.63, 3.8) is 0 Å². The summed E-state index contributed by atoms with van der Waals surface area (Å²) in [5, 5.41) is 2.92. The number of ether oxygens (including phenoxy) is 1. The average molecular weight is 329 g/mol. The molecule has 0 fully saturated rings. The van der Waals surface area contributed by atoms with Crippen LogP contribution in [0.15, 0.2) is 42.5 Å². The fraction of sp³-hybridized carbons (Fsp3) is 0.350. The van der Waals surface area contributed by atoms with Crippen molar-refractivity contribution in [2.24, 2.45) is 0 Å². The molecule has 3 nitrogen and oxygen atoms in total. The molecule has 1 amide bonds. The van der Waals surface area contributed by atoms with Crippen LogP contribution < -0.4 is 10.1 Å². The second-order valence-electron chi connectivity index (χ2n) is 5.74. The number of rotatable bonds is 7. The van der Waals surface area contributed by atoms with Gasteiger partial charge in [-0.05, 0) is 60.7 Å². The Morgan fingerprint density at radius 3 is 2.42 bits per heavy atom. The molecule has 0 aliphatic rings. The van der Waals surface area contributed by atoms with Crippen molar-refractivity contribution in [2.75, 3.05) is 0 Å². The number of aryl methyl sites for hydroxylation is 2. The number of amides is 1. The van der Waals surface area contributed by atoms with Crippen molar-refractivity contribution >= 4 is 5.91 Å². The monoisotopic (exact) mass is 329 g/mol. The van der Waals surface area contributed by atoms with Gasteiger partial charge in [0.05, 0.1) is 0 Å². The predicted molar refractivity (Wildman–Crippen MR) is 93.5 cm³/mol. The number of nitrogens with one attached hydrogen (secondary N) is 1. The summed E-state index contributed by atoms with van der Waals surface area (Å²) in [6, 6.07) is 12.0. The summed E-state index contributed by atoms with van der Waals surface area (Å²) in [4.78, 5) is 12.2. The first-order valence-corrected chi connectivity index (χ1v) is 8.34. The van der Waals surface area contributed by atoms with E-state index in [1.54, 1.807) is 6.92 Å². The zero-order chi connectivity index (χ0) is 17.5. The molecule has 0 aromatic heterocycles. The van der Waals surface area contributed by atoms with E-state index in [0.717, 1.165) is 18.4 Å². The molecule has 1 unspecified atom stereocenters. The van der Waals surface area contributed by atoms with Gasteiger partial charge < -0.3 is 10.1 Å². The van der Waals surface area contributed by atoms with Gasteiger partial charge in [0.1, 0.15) is 11.6 Å². The lowest BCUT2D eigenvalue weighted by molar-refractivity contribution is -0.127. The van der Waals surface area contributed by atoms with E-state index in [-0.39, 0.29) is 11.7 Å². The van der Waals surface area contributed by atoms with Gasteiger partial charge in [0.2, 0.25) is 0 Å². The van der Waals surface area contributed by atoms with E-state index in [1.807, 2.05) is 0 Å². The summed E-state index contributed by atoms with van der Waals surface area (Å²) in [5.74, 6) is -0.0492. The molecule has 1 atom stereocenters. The highest BCUT2D eigenvalue weighted by Crippen LogP contribution is 2.15. The normalized spacial score (nSPS) is 11.8. The third-order valence-electron chi connectivity index (χ3n) is 4.01. The third-order valence-corrected chi connectivity index (χ3v) is 4.01. The highest BCUT2D eigenvalue weighted by Gasteiger charge is 2.15. The van der Waals surface area contributed by atoms with Crippen LogP contribution in [0.2, 0.25) is 0 Å². The predicted octanol–water partition coefficient (Wildman–Crippen LogP) is 4.03. The van der Waals surface area contributed by atoms with E-state index < -0.39 is 6.10 Å². The van der Waals surface area contributed by atoms with Gasteiger partial charge in [-0.15, -0.1) is 0 Å². The molecule has 1 N–H and O–H groups in total. The van der Waals surface area contributed by atoms with Gasteiger partial charge in [0.25, 0.3) is 5.91 Å². The molecule has 0 saturated carbocycles. The number of carbonyl (C=O) groups is 1. The Labute approximate surface area is 142 Å². The quantitative estimate of drug-likeness (QED) is 0.833. The van der Waals surface area contributed by atoms with Crippen molar-refractivity contribution in [1.29, 1.82) is 0 Å². The number of hydrogen-bond acceptors (Lipinski definition) is 2. The summed E-state index contributed by atoms with van der Waals surface area (Å²) in [5.41, 5.74) is 3.63. The Morgan fingerprint density at radius 2 is 1.79 bits per heavy atom. The molecule has 0 radical (unpaired) electrons. The van der Waals surface area contributed by atoms with E-state index in [0.29, 0.717) is 12.3 Å². The molecular formula is C20H24FNO2. The summed E-state index contributed by atoms with van der Waals surface area (Å²) in [6.45, 7) is 6.38. The first-order valence-electron chi connectivity index (χ1n) is 8.34. The van der Waals surface area contributed by atoms with Crippen LogP contribution in [0.3, 0.4) is 0 Å². The number of carbonyl (C=O) groups excluding carboxylic acids is 1. The standard InChI is InChI=1S/C20H24FNO2/c1-4-15-6-7-16(5-2)17(12-15)13-22-20(23)14(3)24-19-10-8-18(21)9-11-19/h6-12,14H,4-5,13H2,1-3H3,(H,22,23). The average Bonchev–Trinajstić information content (AvgIpc) is 2.61. The van der Waals surface area contributed by atoms with E-state index >= 15 is 0 Å². The lowest BCUT2D eigenvalue weighted by Gasteiger charge is -2.16. The van der Waals surface area contributed by atoms with Crippen molar-refractivity contribution in [2.45, 2.75) is 46.3 Å². The van der Waals surface area contributed by atoms with Crippen molar-refractivity contribution in [3.8, 4) is 5.75 Å². The topological polar surface area (TPSA) is 38.3 Å². The largest absolute Gasteiger partial charge is 0.481 e. The fourth-order valence-electron chi connectivity index (χ4n) is 2.51. The molecule has 0 aliphatic heterocycles. The van der Waals surface area contributed by atoms with E-state index in [9.17, 15) is 9.18 Å². The Hall–Kier alpha value is -2.36. The lowest BCUT2D eigenvalue weighted by atomic mass is 10.0. The molecule has 2 rings (SSSR count). The Bertz CT molecular complexity index is 683. The van der Waals surface area contributed by atoms with Gasteiger partial charge in [-0.25, -0.2) is 4.39 Å². The maximum Gasteiger partial charge on any atom is 0.261 e. The molecule has 0 bridgehead atoms. The third kappa shape index (κ3) is 4.82. The Balaban J connectivity index is 1.95. The molecule has 4 heteroatoms. The zero-order valence-electron chi connectivity index (χ0n) is 14.4. The second kappa shape index (κ2) is 8.48. The second-order valence-corrected chi connectivity index (χ2v) is 5.74. The highest BCUT2D eigenvalue weighted by molar-refractivity contribution is 5.80. The molecule has 2 aromatic carbocycles. The van der Waals surface area contributed by atoms with Gasteiger partial charge in [0, 0.05) is 6.54 Å². The van der Waals surface area contributed by atoms with Gasteiger partial charge in [0.15, 0.2) is 6.10 Å². The van der Waals surface area contributed by atoms with Gasteiger partial charge in [-0.3, -0.25) is 4.79 Å². The summed E-state index contributed by atoms with van der Waals surface area (Å²) in [7, 11) is 0. The maximum absolute atomic E-state index is 12.9. The van der Waals surface area contributed by atoms with E-state index in [1.165, 1.54) is 35.4 Å². The zero-order valence-corrected chi connectivity index (χ0v) is 14.4. The lowest BCUT2D eigenvalue weighted by Crippen LogP contribution is -2.36. The molecule has 2 aromatic rings. The van der Waals surface area contributed by atoms with Crippen LogP contribution in [0, 0.1) is 5.82 Å². The van der Waals surface area contributed by atoms with Gasteiger partial charge >= 0.3 is 0 Å². The molecule has 0 saturated heterocycles. The van der Waals surface area contributed by atoms with Gasteiger partial charge in [-0.2, -0.15) is 0 Å². The summed E-state index contributed by atoms with van der Waals surface area (Å²) in [6.07, 6.45) is 1.25. The molecule has 24 heavy (non-hydrogen) atoms. The number of halogens is 1. The van der Waals surface area contributed by atoms with Crippen LogP contribution in [-0.4, -0.2) is 12.0 Å². The molecule has 128 valence electrons. The van der Waals surface area contributed by atoms with Crippen LogP contribution in [0.5, 0.6) is 5.75 Å². The molecule has 0 spiro atoms. The Kier molecular flexibility index (Phi) is 6.36. The number of benzene rings is 2. The van der Waals surface area contributed by atoms with Crippen molar-refractivity contribution in [1.82, 2.24) is 5.32 Å². The number of hydrogen-bond donors (Lipinski definition) is 1. The van der Waals surface area contributed by atoms with Crippen LogP contribution in [0.25, 0.3) is 0 Å². The summed E-state index contributed by atoms with van der Waals surface area (Å²) < 4.78 is 18.4. The van der Waals surface area contributed by atoms with E-state index in [2.05, 4.69) is 37.4 Å². The van der Waals surface area contributed by atoms with Crippen LogP contribution in [-0.2, 0) is 24.2 Å². The fourth-order valence-corrected chi connectivity index (χ4v) is 2.51. The van der Waals surface area contributed by atoms with E-state index in [4.69, 9.17) is 4.74 Å². The minimum Gasteiger partial charge on any atom is -0.481 e. The van der Waals surface area contributed by atoms with Crippen LogP contribution in [0.4, 0.5) is 4.39 Å². The maximum atomic E-state index is 12.9. The highest BCUT2D eigenvalue weighted by atomic mass is 19.1.